The number of sulfonamides is 1. The number of nitrogens with one attached hydrogen (secondary N) is 1. The Morgan fingerprint density at radius 3 is 2.48 bits per heavy atom. The SMILES string of the molecule is CC[C@H]1[C@@H](O)[C@@H]2[C@H](CC[C@]3(C)[C@@H]([C@H](C)COCNS(=O)(=O)c4ccc5c(c4)CCC(C)(C)O5)CC[C@@H]23)[C@@]2(C)CC[C@@H](O)C[C@@H]12. The Kier molecular flexibility index (Phi) is 8.78. The van der Waals surface area contributed by atoms with Crippen LogP contribution in [0.15, 0.2) is 23.1 Å². The minimum atomic E-state index is -3.69. The first kappa shape index (κ1) is 32.7. The zero-order valence-corrected chi connectivity index (χ0v) is 28.7. The summed E-state index contributed by atoms with van der Waals surface area (Å²) in [6.07, 6.45) is 9.53. The third-order valence-electron chi connectivity index (χ3n) is 13.6. The molecule has 0 amide bonds. The van der Waals surface area contributed by atoms with Crippen LogP contribution in [0.4, 0.5) is 0 Å². The molecule has 4 saturated carbocycles. The lowest BCUT2D eigenvalue weighted by atomic mass is 9.41. The molecule has 8 heteroatoms. The number of aryl methyl sites for hydroxylation is 1. The van der Waals surface area contributed by atoms with Gasteiger partial charge in [-0.05, 0) is 148 Å². The predicted molar refractivity (Wildman–Crippen MR) is 172 cm³/mol. The van der Waals surface area contributed by atoms with Crippen molar-refractivity contribution in [2.75, 3.05) is 13.3 Å². The summed E-state index contributed by atoms with van der Waals surface area (Å²) in [6, 6.07) is 5.11. The van der Waals surface area contributed by atoms with Crippen LogP contribution < -0.4 is 9.46 Å². The van der Waals surface area contributed by atoms with Crippen LogP contribution in [0.5, 0.6) is 5.75 Å². The number of aliphatic hydroxyl groups excluding tert-OH is 2. The van der Waals surface area contributed by atoms with E-state index >= 15 is 0 Å². The summed E-state index contributed by atoms with van der Waals surface area (Å²) in [4.78, 5) is 0.249. The number of rotatable bonds is 8. The highest BCUT2D eigenvalue weighted by Gasteiger charge is 2.64. The quantitative estimate of drug-likeness (QED) is 0.230. The summed E-state index contributed by atoms with van der Waals surface area (Å²) in [7, 11) is -3.69. The number of benzene rings is 1. The molecule has 7 nitrogen and oxygen atoms in total. The van der Waals surface area contributed by atoms with Gasteiger partial charge in [0.25, 0.3) is 0 Å². The molecule has 4 aliphatic carbocycles. The maximum Gasteiger partial charge on any atom is 0.242 e. The molecule has 1 aromatic carbocycles. The van der Waals surface area contributed by atoms with Gasteiger partial charge in [0.1, 0.15) is 18.1 Å². The van der Waals surface area contributed by atoms with Crippen molar-refractivity contribution >= 4 is 10.0 Å². The van der Waals surface area contributed by atoms with Crippen molar-refractivity contribution in [2.45, 2.75) is 128 Å². The molecular formula is C36H57NO6S. The molecule has 0 aromatic heterocycles. The minimum absolute atomic E-state index is 0.0483. The molecule has 0 spiro atoms. The second kappa shape index (κ2) is 11.8. The van der Waals surface area contributed by atoms with Gasteiger partial charge in [-0.15, -0.1) is 0 Å². The van der Waals surface area contributed by atoms with E-state index in [0.29, 0.717) is 42.1 Å². The van der Waals surface area contributed by atoms with E-state index in [1.54, 1.807) is 18.2 Å². The van der Waals surface area contributed by atoms with Crippen molar-refractivity contribution in [1.29, 1.82) is 0 Å². The highest BCUT2D eigenvalue weighted by atomic mass is 32.2. The first-order valence-corrected chi connectivity index (χ1v) is 18.9. The van der Waals surface area contributed by atoms with E-state index in [0.717, 1.165) is 69.1 Å². The molecule has 1 aromatic rings. The van der Waals surface area contributed by atoms with Crippen LogP contribution in [0, 0.1) is 52.3 Å². The molecule has 4 fully saturated rings. The van der Waals surface area contributed by atoms with Gasteiger partial charge in [0.15, 0.2) is 0 Å². The van der Waals surface area contributed by atoms with Crippen molar-refractivity contribution in [2.24, 2.45) is 52.3 Å². The Bertz CT molecular complexity index is 1320. The lowest BCUT2D eigenvalue weighted by molar-refractivity contribution is -0.203. The summed E-state index contributed by atoms with van der Waals surface area (Å²) in [6.45, 7) is 14.0. The minimum Gasteiger partial charge on any atom is -0.488 e. The van der Waals surface area contributed by atoms with Crippen molar-refractivity contribution in [1.82, 2.24) is 4.72 Å². The van der Waals surface area contributed by atoms with Crippen LogP contribution in [0.1, 0.15) is 105 Å². The van der Waals surface area contributed by atoms with Crippen molar-refractivity contribution in [3.05, 3.63) is 23.8 Å². The van der Waals surface area contributed by atoms with Crippen LogP contribution in [0.3, 0.4) is 0 Å². The Balaban J connectivity index is 1.08. The largest absolute Gasteiger partial charge is 0.488 e. The highest BCUT2D eigenvalue weighted by molar-refractivity contribution is 7.89. The average Bonchev–Trinajstić information content (AvgIpc) is 3.33. The lowest BCUT2D eigenvalue weighted by Gasteiger charge is -2.64. The van der Waals surface area contributed by atoms with E-state index < -0.39 is 10.0 Å². The van der Waals surface area contributed by atoms with Gasteiger partial charge in [-0.3, -0.25) is 0 Å². The number of aliphatic hydroxyl groups is 2. The average molecular weight is 632 g/mol. The van der Waals surface area contributed by atoms with Gasteiger partial charge in [0.05, 0.1) is 23.7 Å². The summed E-state index contributed by atoms with van der Waals surface area (Å²) in [5.74, 6) is 3.57. The Hall–Kier alpha value is -1.19. The normalized spacial score (nSPS) is 41.9. The Morgan fingerprint density at radius 1 is 1.00 bits per heavy atom. The highest BCUT2D eigenvalue weighted by Crippen LogP contribution is 2.69. The number of ether oxygens (including phenoxy) is 2. The van der Waals surface area contributed by atoms with Crippen LogP contribution in [-0.4, -0.2) is 49.8 Å². The Morgan fingerprint density at radius 2 is 1.73 bits per heavy atom. The van der Waals surface area contributed by atoms with E-state index in [2.05, 4.69) is 46.3 Å². The van der Waals surface area contributed by atoms with E-state index in [9.17, 15) is 18.6 Å². The van der Waals surface area contributed by atoms with Crippen LogP contribution >= 0.6 is 0 Å². The van der Waals surface area contributed by atoms with Gasteiger partial charge in [0, 0.05) is 0 Å². The van der Waals surface area contributed by atoms with Crippen molar-refractivity contribution < 1.29 is 28.1 Å². The first-order chi connectivity index (χ1) is 20.7. The van der Waals surface area contributed by atoms with Gasteiger partial charge >= 0.3 is 0 Å². The first-order valence-electron chi connectivity index (χ1n) is 17.5. The summed E-state index contributed by atoms with van der Waals surface area (Å²) < 4.78 is 40.8. The third kappa shape index (κ3) is 5.56. The molecule has 3 N–H and O–H groups in total. The number of fused-ring (bicyclic) bond motifs is 6. The molecule has 1 heterocycles. The molecule has 44 heavy (non-hydrogen) atoms. The second-order valence-corrected chi connectivity index (χ2v) is 18.2. The van der Waals surface area contributed by atoms with Gasteiger partial charge in [-0.25, -0.2) is 8.42 Å². The van der Waals surface area contributed by atoms with Crippen LogP contribution in [0.25, 0.3) is 0 Å². The lowest BCUT2D eigenvalue weighted by Crippen LogP contribution is -2.62. The molecule has 11 atom stereocenters. The molecule has 0 radical (unpaired) electrons. The monoisotopic (exact) mass is 631 g/mol. The summed E-state index contributed by atoms with van der Waals surface area (Å²) in [5.41, 5.74) is 1.05. The predicted octanol–water partition coefficient (Wildman–Crippen LogP) is 6.31. The van der Waals surface area contributed by atoms with Crippen LogP contribution in [0.2, 0.25) is 0 Å². The fourth-order valence-electron chi connectivity index (χ4n) is 11.3. The molecule has 0 unspecified atom stereocenters. The smallest absolute Gasteiger partial charge is 0.242 e. The van der Waals surface area contributed by atoms with E-state index in [1.807, 2.05) is 0 Å². The number of hydrogen-bond donors (Lipinski definition) is 3. The molecule has 0 bridgehead atoms. The summed E-state index contributed by atoms with van der Waals surface area (Å²) in [5, 5.41) is 22.5. The van der Waals surface area contributed by atoms with Gasteiger partial charge in [0.2, 0.25) is 10.0 Å². The standard InChI is InChI=1S/C36H57NO6S/c1-7-26-30-19-24(38)13-16-36(30,6)29-14-17-35(5)27(9-10-28(35)32(29)33(26)39)22(2)20-42-21-37-44(40,41)25-8-11-31-23(18-25)12-15-34(3,4)43-31/h8,11,18,22,24,26-30,32-33,37-39H,7,9-10,12-17,19-21H2,1-6H3/t22-,24-,26-,27-,28+,29+,30+,32+,33-,35-,36-/m1/s1. The van der Waals surface area contributed by atoms with Gasteiger partial charge < -0.3 is 19.7 Å². The van der Waals surface area contributed by atoms with Gasteiger partial charge in [-0.2, -0.15) is 4.72 Å². The Labute approximate surface area is 265 Å². The zero-order chi connectivity index (χ0) is 31.7. The molecule has 5 aliphatic rings. The van der Waals surface area contributed by atoms with E-state index in [-0.39, 0.29) is 46.2 Å². The molecule has 1 aliphatic heterocycles. The van der Waals surface area contributed by atoms with Crippen molar-refractivity contribution in [3.63, 3.8) is 0 Å². The maximum absolute atomic E-state index is 13.1. The van der Waals surface area contributed by atoms with Crippen molar-refractivity contribution in [3.8, 4) is 5.75 Å². The fourth-order valence-corrected chi connectivity index (χ4v) is 12.2. The van der Waals surface area contributed by atoms with Crippen LogP contribution in [-0.2, 0) is 21.2 Å². The van der Waals surface area contributed by atoms with E-state index in [4.69, 9.17) is 9.47 Å². The molecule has 6 rings (SSSR count). The second-order valence-electron chi connectivity index (χ2n) is 16.4. The maximum atomic E-state index is 13.1. The molecule has 0 saturated heterocycles. The molecular weight excluding hydrogens is 574 g/mol. The third-order valence-corrected chi connectivity index (χ3v) is 15.0. The van der Waals surface area contributed by atoms with E-state index in [1.165, 1.54) is 6.42 Å². The summed E-state index contributed by atoms with van der Waals surface area (Å²) >= 11 is 0. The van der Waals surface area contributed by atoms with Gasteiger partial charge in [-0.1, -0.05) is 34.1 Å². The molecule has 248 valence electrons. The fraction of sp³-hybridized carbons (Fsp3) is 0.833. The zero-order valence-electron chi connectivity index (χ0n) is 27.8. The topological polar surface area (TPSA) is 105 Å². The number of hydrogen-bond acceptors (Lipinski definition) is 6.